The second-order valence-corrected chi connectivity index (χ2v) is 11.3. The summed E-state index contributed by atoms with van der Waals surface area (Å²) < 4.78 is 40.8. The molecule has 0 bridgehead atoms. The average Bonchev–Trinajstić information content (AvgIpc) is 3.57. The van der Waals surface area contributed by atoms with Gasteiger partial charge >= 0.3 is 0 Å². The van der Waals surface area contributed by atoms with Gasteiger partial charge in [-0.15, -0.1) is 0 Å². The Bertz CT molecular complexity index is 1370. The minimum absolute atomic E-state index is 0.0422. The molecular formula is C24H28N4O8S2. The molecular weight excluding hydrogens is 536 g/mol. The highest BCUT2D eigenvalue weighted by molar-refractivity contribution is 7.91. The van der Waals surface area contributed by atoms with E-state index in [9.17, 15) is 13.2 Å². The minimum Gasteiger partial charge on any atom is -0.475 e. The van der Waals surface area contributed by atoms with Gasteiger partial charge in [0.1, 0.15) is 17.0 Å². The van der Waals surface area contributed by atoms with E-state index in [1.165, 1.54) is 31.4 Å². The second-order valence-electron chi connectivity index (χ2n) is 8.24. The van der Waals surface area contributed by atoms with Gasteiger partial charge in [0.15, 0.2) is 26.8 Å². The lowest BCUT2D eigenvalue weighted by Crippen LogP contribution is -2.25. The number of aromatic nitrogens is 2. The van der Waals surface area contributed by atoms with Crippen LogP contribution in [0.15, 0.2) is 46.4 Å². The molecule has 2 aromatic heterocycles. The summed E-state index contributed by atoms with van der Waals surface area (Å²) in [6.07, 6.45) is 0.725. The number of anilines is 1. The van der Waals surface area contributed by atoms with E-state index < -0.39 is 15.7 Å². The molecule has 204 valence electrons. The Morgan fingerprint density at radius 3 is 2.74 bits per heavy atom. The maximum absolute atomic E-state index is 13.3. The number of thiazole rings is 1. The van der Waals surface area contributed by atoms with Crippen molar-refractivity contribution in [2.45, 2.75) is 23.8 Å². The quantitative estimate of drug-likeness (QED) is 0.179. The Kier molecular flexibility index (Phi) is 9.58. The number of aliphatic hydroxyl groups is 1. The molecule has 3 heterocycles. The van der Waals surface area contributed by atoms with Crippen LogP contribution in [0.5, 0.6) is 5.88 Å². The number of carbonyl (C=O) groups is 1. The van der Waals surface area contributed by atoms with Crippen LogP contribution in [0.4, 0.5) is 5.13 Å². The number of aliphatic hydroxyl groups excluding tert-OH is 1. The monoisotopic (exact) mass is 564 g/mol. The first kappa shape index (κ1) is 27.9. The molecule has 1 aliphatic rings. The number of nitrogens with zero attached hydrogens (tertiary/aromatic N) is 3. The predicted octanol–water partition coefficient (Wildman–Crippen LogP) is 2.02. The molecule has 1 amide bonds. The zero-order valence-electron chi connectivity index (χ0n) is 20.7. The molecule has 1 fully saturated rings. The second kappa shape index (κ2) is 13.1. The van der Waals surface area contributed by atoms with E-state index in [-0.39, 0.29) is 40.8 Å². The number of fused-ring (bicyclic) bond motifs is 1. The zero-order chi connectivity index (χ0) is 27.0. The van der Waals surface area contributed by atoms with Crippen molar-refractivity contribution in [3.05, 3.63) is 42.0 Å². The molecule has 0 radical (unpaired) electrons. The Balaban J connectivity index is 1.54. The van der Waals surface area contributed by atoms with Crippen LogP contribution in [-0.4, -0.2) is 87.1 Å². The number of sulfone groups is 1. The highest BCUT2D eigenvalue weighted by Crippen LogP contribution is 2.26. The summed E-state index contributed by atoms with van der Waals surface area (Å²) in [6.45, 7) is 1.22. The number of pyridine rings is 1. The number of carbonyl (C=O) groups excluding carboxylic acids is 1. The SMILES string of the molecule is COCCCS(=O)(=O)c1ccc(/C(=N\O[C@@H]2CCOC2)C(=O)Nc2nc3ccc(OCCO)nc3s2)cc1. The predicted molar refractivity (Wildman–Crippen MR) is 140 cm³/mol. The highest BCUT2D eigenvalue weighted by atomic mass is 32.2. The number of oxime groups is 1. The molecule has 0 aliphatic carbocycles. The molecule has 1 atom stereocenters. The molecule has 14 heteroatoms. The lowest BCUT2D eigenvalue weighted by atomic mass is 10.1. The molecule has 0 spiro atoms. The van der Waals surface area contributed by atoms with Gasteiger partial charge in [0, 0.05) is 31.8 Å². The van der Waals surface area contributed by atoms with Gasteiger partial charge in [0.2, 0.25) is 5.88 Å². The van der Waals surface area contributed by atoms with E-state index in [1.807, 2.05) is 0 Å². The number of hydrogen-bond donors (Lipinski definition) is 2. The van der Waals surface area contributed by atoms with Crippen LogP contribution >= 0.6 is 11.3 Å². The number of methoxy groups -OCH3 is 1. The van der Waals surface area contributed by atoms with Crippen molar-refractivity contribution in [1.82, 2.24) is 9.97 Å². The van der Waals surface area contributed by atoms with Gasteiger partial charge < -0.3 is 24.2 Å². The van der Waals surface area contributed by atoms with Crippen LogP contribution in [-0.2, 0) is 28.9 Å². The van der Waals surface area contributed by atoms with Gasteiger partial charge in [-0.3, -0.25) is 10.1 Å². The topological polar surface area (TPSA) is 159 Å². The van der Waals surface area contributed by atoms with E-state index in [1.54, 1.807) is 12.1 Å². The molecule has 4 rings (SSSR count). The van der Waals surface area contributed by atoms with E-state index in [2.05, 4.69) is 20.4 Å². The number of ether oxygens (including phenoxy) is 3. The highest BCUT2D eigenvalue weighted by Gasteiger charge is 2.22. The molecule has 38 heavy (non-hydrogen) atoms. The number of benzene rings is 1. The third kappa shape index (κ3) is 7.23. The lowest BCUT2D eigenvalue weighted by molar-refractivity contribution is -0.110. The van der Waals surface area contributed by atoms with Crippen LogP contribution in [0.25, 0.3) is 10.3 Å². The fourth-order valence-corrected chi connectivity index (χ4v) is 5.63. The first-order valence-electron chi connectivity index (χ1n) is 11.9. The van der Waals surface area contributed by atoms with Crippen LogP contribution in [0, 0.1) is 0 Å². The van der Waals surface area contributed by atoms with E-state index in [0.29, 0.717) is 54.5 Å². The maximum Gasteiger partial charge on any atom is 0.280 e. The van der Waals surface area contributed by atoms with Crippen molar-refractivity contribution in [3.63, 3.8) is 0 Å². The summed E-state index contributed by atoms with van der Waals surface area (Å²) in [6, 6.07) is 9.23. The minimum atomic E-state index is -3.50. The molecule has 1 saturated heterocycles. The van der Waals surface area contributed by atoms with Gasteiger partial charge in [-0.05, 0) is 24.6 Å². The maximum atomic E-state index is 13.3. The Labute approximate surface area is 223 Å². The summed E-state index contributed by atoms with van der Waals surface area (Å²) in [4.78, 5) is 28.2. The van der Waals surface area contributed by atoms with Crippen LogP contribution < -0.4 is 10.1 Å². The molecule has 2 N–H and O–H groups in total. The van der Waals surface area contributed by atoms with Gasteiger partial charge in [0.25, 0.3) is 5.91 Å². The Morgan fingerprint density at radius 2 is 2.03 bits per heavy atom. The van der Waals surface area contributed by atoms with Gasteiger partial charge in [-0.2, -0.15) is 0 Å². The number of hydrogen-bond acceptors (Lipinski definition) is 12. The fraction of sp³-hybridized carbons (Fsp3) is 0.417. The fourth-order valence-electron chi connectivity index (χ4n) is 3.52. The summed E-state index contributed by atoms with van der Waals surface area (Å²) >= 11 is 1.14. The van der Waals surface area contributed by atoms with Crippen molar-refractivity contribution in [2.75, 3.05) is 51.2 Å². The van der Waals surface area contributed by atoms with Gasteiger partial charge in [0.05, 0.1) is 30.5 Å². The summed E-state index contributed by atoms with van der Waals surface area (Å²) in [5.74, 6) is -0.305. The van der Waals surface area contributed by atoms with E-state index >= 15 is 0 Å². The number of nitrogens with one attached hydrogen (secondary N) is 1. The summed E-state index contributed by atoms with van der Waals surface area (Å²) in [5, 5.41) is 16.0. The first-order chi connectivity index (χ1) is 18.4. The average molecular weight is 565 g/mol. The van der Waals surface area contributed by atoms with Crippen LogP contribution in [0.2, 0.25) is 0 Å². The van der Waals surface area contributed by atoms with Gasteiger partial charge in [-0.1, -0.05) is 28.6 Å². The van der Waals surface area contributed by atoms with Crippen molar-refractivity contribution < 1.29 is 37.4 Å². The molecule has 12 nitrogen and oxygen atoms in total. The first-order valence-corrected chi connectivity index (χ1v) is 14.3. The van der Waals surface area contributed by atoms with Gasteiger partial charge in [-0.25, -0.2) is 18.4 Å². The number of rotatable bonds is 13. The van der Waals surface area contributed by atoms with E-state index in [4.69, 9.17) is 24.2 Å². The molecule has 0 saturated carbocycles. The van der Waals surface area contributed by atoms with Crippen molar-refractivity contribution in [2.24, 2.45) is 5.16 Å². The van der Waals surface area contributed by atoms with Crippen LogP contribution in [0.3, 0.4) is 0 Å². The molecule has 3 aromatic rings. The molecule has 1 aromatic carbocycles. The standard InChI is InChI=1S/C24H28N4O8S2/c1-33-11-2-14-38(31,32)18-5-3-16(4-6-18)21(28-36-17-9-12-34-15-17)22(30)27-24-25-19-7-8-20(35-13-10-29)26-23(19)37-24/h3-8,17,29H,2,9-15H2,1H3,(H,25,27,30)/b28-21+/t17-/m1/s1. The third-order valence-corrected chi connectivity index (χ3v) is 8.13. The molecule has 1 aliphatic heterocycles. The third-order valence-electron chi connectivity index (χ3n) is 5.44. The Morgan fingerprint density at radius 1 is 1.21 bits per heavy atom. The van der Waals surface area contributed by atoms with Crippen LogP contribution in [0.1, 0.15) is 18.4 Å². The lowest BCUT2D eigenvalue weighted by Gasteiger charge is -2.10. The Hall–Kier alpha value is -3.17. The van der Waals surface area contributed by atoms with E-state index in [0.717, 1.165) is 11.3 Å². The summed E-state index contributed by atoms with van der Waals surface area (Å²) in [7, 11) is -1.98. The summed E-state index contributed by atoms with van der Waals surface area (Å²) in [5.41, 5.74) is 0.887. The normalized spacial score (nSPS) is 16.1. The smallest absolute Gasteiger partial charge is 0.280 e. The number of amides is 1. The van der Waals surface area contributed by atoms with Crippen molar-refractivity contribution in [1.29, 1.82) is 0 Å². The van der Waals surface area contributed by atoms with Crippen molar-refractivity contribution in [3.8, 4) is 5.88 Å². The largest absolute Gasteiger partial charge is 0.475 e. The van der Waals surface area contributed by atoms with Crippen molar-refractivity contribution >= 4 is 48.3 Å². The zero-order valence-corrected chi connectivity index (χ0v) is 22.3. The molecule has 0 unspecified atom stereocenters.